The molecule has 0 saturated heterocycles. The van der Waals surface area contributed by atoms with Crippen molar-refractivity contribution in [2.45, 2.75) is 0 Å². The molecule has 2 aliphatic rings. The van der Waals surface area contributed by atoms with Crippen molar-refractivity contribution in [3.05, 3.63) is 267 Å². The number of anilines is 6. The van der Waals surface area contributed by atoms with Crippen molar-refractivity contribution in [1.29, 1.82) is 0 Å². The van der Waals surface area contributed by atoms with Crippen molar-refractivity contribution in [3.8, 4) is 33.6 Å². The first-order valence-corrected chi connectivity index (χ1v) is 27.5. The maximum atomic E-state index is 5.40. The van der Waals surface area contributed by atoms with Crippen LogP contribution in [0.5, 0.6) is 0 Å². The van der Waals surface area contributed by atoms with E-state index in [-0.39, 0.29) is 6.71 Å². The quantitative estimate of drug-likeness (QED) is 0.0973. The number of hydrogen-bond acceptors (Lipinski definition) is 3. The lowest BCUT2D eigenvalue weighted by atomic mass is 9.32. The normalized spacial score (nSPS) is 13.0. The van der Waals surface area contributed by atoms with Crippen LogP contribution in [0.25, 0.3) is 120 Å². The van der Waals surface area contributed by atoms with Gasteiger partial charge in [0.05, 0.1) is 11.4 Å². The van der Waals surface area contributed by atoms with Gasteiger partial charge in [0.1, 0.15) is 0 Å². The molecule has 0 N–H and O–H groups in total. The first-order chi connectivity index (χ1) is 39.2. The van der Waals surface area contributed by atoms with E-state index in [2.05, 4.69) is 277 Å². The number of rotatable bonds is 5. The highest BCUT2D eigenvalue weighted by molar-refractivity contribution is 7.03. The summed E-state index contributed by atoms with van der Waals surface area (Å²) in [7, 11) is 0. The maximum Gasteiger partial charge on any atom is 0.253 e. The highest BCUT2D eigenvalue weighted by atomic mass is 15.2. The standard InChI is InChI=1S/C75H44BN3/c1-5-19-45(20-6-1)63-39-49(40-64(77-63)46-21-7-2-8-22-46)50-41-65-75-66(42-50)79(52-29-11-4-12-30-52)68-44-62-58-34-16-26-48-24-14-32-54(70(48)58)56-36-18-38-60(72(56)62)74(68)76(75)73-59-37-17-35-55-53-31-13-23-47-25-15-33-57(69(47)53)61(71(55)59)43-67(73)78(65)51-27-9-3-10-28-51/h1-44H. The van der Waals surface area contributed by atoms with E-state index in [9.17, 15) is 0 Å². The van der Waals surface area contributed by atoms with Crippen LogP contribution < -0.4 is 26.2 Å². The number of benzene rings is 15. The summed E-state index contributed by atoms with van der Waals surface area (Å²) in [6.45, 7) is -0.171. The van der Waals surface area contributed by atoms with E-state index < -0.39 is 0 Å². The third-order valence-corrected chi connectivity index (χ3v) is 17.6. The highest BCUT2D eigenvalue weighted by Gasteiger charge is 2.46. The van der Waals surface area contributed by atoms with E-state index in [1.807, 2.05) is 0 Å². The first kappa shape index (κ1) is 42.9. The molecule has 0 fully saturated rings. The van der Waals surface area contributed by atoms with Crippen LogP contribution in [0.2, 0.25) is 0 Å². The van der Waals surface area contributed by atoms with Gasteiger partial charge in [0.25, 0.3) is 6.71 Å². The Morgan fingerprint density at radius 1 is 0.241 bits per heavy atom. The molecule has 3 heterocycles. The van der Waals surface area contributed by atoms with Gasteiger partial charge in [-0.1, -0.05) is 206 Å². The molecule has 0 atom stereocenters. The Hall–Kier alpha value is -10.3. The molecule has 3 nitrogen and oxygen atoms in total. The minimum absolute atomic E-state index is 0.171. The Bertz CT molecular complexity index is 4870. The molecule has 1 aromatic heterocycles. The van der Waals surface area contributed by atoms with Gasteiger partial charge >= 0.3 is 0 Å². The van der Waals surface area contributed by atoms with E-state index in [4.69, 9.17) is 4.98 Å². The third kappa shape index (κ3) is 5.95. The molecule has 0 spiro atoms. The second-order valence-electron chi connectivity index (χ2n) is 21.7. The van der Waals surface area contributed by atoms with Crippen LogP contribution in [-0.4, -0.2) is 11.7 Å². The van der Waals surface area contributed by atoms with E-state index in [0.29, 0.717) is 0 Å². The van der Waals surface area contributed by atoms with Crippen molar-refractivity contribution >= 4 is 143 Å². The molecule has 2 aliphatic heterocycles. The van der Waals surface area contributed by atoms with Crippen molar-refractivity contribution in [3.63, 3.8) is 0 Å². The molecule has 16 aromatic rings. The fraction of sp³-hybridized carbons (Fsp3) is 0. The molecular weight excluding hydrogens is 954 g/mol. The van der Waals surface area contributed by atoms with E-state index in [0.717, 1.165) is 56.4 Å². The van der Waals surface area contributed by atoms with Gasteiger partial charge in [0, 0.05) is 45.3 Å². The summed E-state index contributed by atoms with van der Waals surface area (Å²) in [6.07, 6.45) is 0. The molecule has 0 radical (unpaired) electrons. The molecule has 0 bridgehead atoms. The van der Waals surface area contributed by atoms with E-state index >= 15 is 0 Å². The van der Waals surface area contributed by atoms with Crippen molar-refractivity contribution < 1.29 is 0 Å². The van der Waals surface area contributed by atoms with Crippen LogP contribution in [0.4, 0.5) is 34.1 Å². The molecule has 362 valence electrons. The minimum atomic E-state index is -0.171. The number of nitrogens with zero attached hydrogens (tertiary/aromatic N) is 3. The molecule has 0 unspecified atom stereocenters. The SMILES string of the molecule is c1ccc(-c2cc(-c3cc4c5c(c3)N(c3ccccc3)c3cc6c7cccc8cccc(c9cccc(c3B5c3c(cc5c%10cccc%11cccc(c%12cccc3c%125)c%11%10)N4c3ccccc3)c96)c87)cc(-c3ccccc3)n2)cc1. The summed E-state index contributed by atoms with van der Waals surface area (Å²) < 4.78 is 0. The number of hydrogen-bond donors (Lipinski definition) is 0. The van der Waals surface area contributed by atoms with Crippen LogP contribution in [0, 0.1) is 0 Å². The van der Waals surface area contributed by atoms with Crippen molar-refractivity contribution in [2.75, 3.05) is 9.80 Å². The predicted molar refractivity (Wildman–Crippen MR) is 337 cm³/mol. The van der Waals surface area contributed by atoms with Gasteiger partial charge in [0.15, 0.2) is 0 Å². The second-order valence-corrected chi connectivity index (χ2v) is 21.7. The van der Waals surface area contributed by atoms with Gasteiger partial charge < -0.3 is 9.80 Å². The molecule has 79 heavy (non-hydrogen) atoms. The zero-order valence-corrected chi connectivity index (χ0v) is 42.8. The summed E-state index contributed by atoms with van der Waals surface area (Å²) in [6, 6.07) is 99.8. The molecule has 4 heteroatoms. The fourth-order valence-electron chi connectivity index (χ4n) is 14.5. The van der Waals surface area contributed by atoms with Gasteiger partial charge in [-0.05, 0) is 174 Å². The van der Waals surface area contributed by atoms with Crippen molar-refractivity contribution in [2.24, 2.45) is 0 Å². The summed E-state index contributed by atoms with van der Waals surface area (Å²) in [5.41, 5.74) is 17.1. The Morgan fingerprint density at radius 3 is 0.987 bits per heavy atom. The Morgan fingerprint density at radius 2 is 0.570 bits per heavy atom. The Kier molecular flexibility index (Phi) is 8.75. The summed E-state index contributed by atoms with van der Waals surface area (Å²) in [4.78, 5) is 10.6. The summed E-state index contributed by atoms with van der Waals surface area (Å²) in [5.74, 6) is 0. The van der Waals surface area contributed by atoms with E-state index in [1.165, 1.54) is 114 Å². The second kappa shape index (κ2) is 16.1. The van der Waals surface area contributed by atoms with Gasteiger partial charge in [-0.2, -0.15) is 0 Å². The fourth-order valence-corrected chi connectivity index (χ4v) is 14.5. The smallest absolute Gasteiger partial charge is 0.253 e. The highest BCUT2D eigenvalue weighted by Crippen LogP contribution is 2.52. The lowest BCUT2D eigenvalue weighted by Gasteiger charge is -2.45. The van der Waals surface area contributed by atoms with Gasteiger partial charge in [-0.15, -0.1) is 0 Å². The third-order valence-electron chi connectivity index (χ3n) is 17.6. The molecule has 15 aromatic carbocycles. The maximum absolute atomic E-state index is 5.40. The molecule has 0 saturated carbocycles. The number of aromatic nitrogens is 1. The predicted octanol–water partition coefficient (Wildman–Crippen LogP) is 18.3. The minimum Gasteiger partial charge on any atom is -0.311 e. The van der Waals surface area contributed by atoms with Gasteiger partial charge in [-0.3, -0.25) is 0 Å². The summed E-state index contributed by atoms with van der Waals surface area (Å²) >= 11 is 0. The molecule has 18 rings (SSSR count). The molecule has 0 aliphatic carbocycles. The molecule has 0 amide bonds. The molecular formula is C75H44BN3. The number of fused-ring (bicyclic) bond motifs is 10. The Labute approximate surface area is 456 Å². The zero-order valence-electron chi connectivity index (χ0n) is 42.8. The lowest BCUT2D eigenvalue weighted by molar-refractivity contribution is 1.26. The van der Waals surface area contributed by atoms with Crippen molar-refractivity contribution in [1.82, 2.24) is 4.98 Å². The van der Waals surface area contributed by atoms with Crippen LogP contribution >= 0.6 is 0 Å². The van der Waals surface area contributed by atoms with Crippen LogP contribution in [-0.2, 0) is 0 Å². The van der Waals surface area contributed by atoms with E-state index in [1.54, 1.807) is 0 Å². The monoisotopic (exact) mass is 997 g/mol. The average molecular weight is 998 g/mol. The largest absolute Gasteiger partial charge is 0.311 e. The van der Waals surface area contributed by atoms with Crippen LogP contribution in [0.1, 0.15) is 0 Å². The van der Waals surface area contributed by atoms with Crippen LogP contribution in [0.15, 0.2) is 267 Å². The van der Waals surface area contributed by atoms with Crippen LogP contribution in [0.3, 0.4) is 0 Å². The lowest BCUT2D eigenvalue weighted by Crippen LogP contribution is -2.61. The Balaban J connectivity index is 1.05. The average Bonchev–Trinajstić information content (AvgIpc) is 3.68. The first-order valence-electron chi connectivity index (χ1n) is 27.5. The number of pyridine rings is 1. The van der Waals surface area contributed by atoms with Gasteiger partial charge in [0.2, 0.25) is 0 Å². The summed E-state index contributed by atoms with van der Waals surface area (Å²) in [5, 5.41) is 20.6. The topological polar surface area (TPSA) is 19.4 Å². The van der Waals surface area contributed by atoms with Gasteiger partial charge in [-0.25, -0.2) is 4.98 Å². The zero-order chi connectivity index (χ0) is 51.4. The number of para-hydroxylation sites is 2.